The van der Waals surface area contributed by atoms with Crippen molar-refractivity contribution in [3.63, 3.8) is 0 Å². The Kier molecular flexibility index (Phi) is 4.60. The molecular weight excluding hydrogens is 206 g/mol. The molecule has 1 N–H and O–H groups in total. The molecule has 0 amide bonds. The molecule has 1 aromatic heterocycles. The Bertz CT molecular complexity index is 354. The summed E-state index contributed by atoms with van der Waals surface area (Å²) in [6, 6.07) is -0.0946. The van der Waals surface area contributed by atoms with E-state index in [1.807, 2.05) is 6.92 Å². The molecule has 1 aromatic rings. The van der Waals surface area contributed by atoms with Gasteiger partial charge in [0.1, 0.15) is 0 Å². The van der Waals surface area contributed by atoms with E-state index in [4.69, 9.17) is 5.11 Å². The van der Waals surface area contributed by atoms with Crippen molar-refractivity contribution < 1.29 is 9.90 Å². The number of carboxylic acids is 1. The number of rotatable bonds is 6. The fourth-order valence-electron chi connectivity index (χ4n) is 1.41. The smallest absolute Gasteiger partial charge is 0.317 e. The molecule has 0 aromatic carbocycles. The first-order valence-corrected chi connectivity index (χ1v) is 4.97. The molecule has 5 nitrogen and oxygen atoms in total. The molecule has 5 heteroatoms. The van der Waals surface area contributed by atoms with Gasteiger partial charge in [-0.05, 0) is 6.92 Å². The van der Waals surface area contributed by atoms with Crippen LogP contribution in [0.1, 0.15) is 18.7 Å². The molecule has 0 fully saturated rings. The second-order valence-corrected chi connectivity index (χ2v) is 3.42. The summed E-state index contributed by atoms with van der Waals surface area (Å²) in [7, 11) is 0. The Hall–Kier alpha value is -1.75. The first-order chi connectivity index (χ1) is 7.65. The maximum Gasteiger partial charge on any atom is 0.317 e. The van der Waals surface area contributed by atoms with E-state index in [2.05, 4.69) is 16.5 Å². The number of aromatic nitrogens is 2. The molecule has 1 atom stereocenters. The van der Waals surface area contributed by atoms with Crippen molar-refractivity contribution in [1.82, 2.24) is 14.9 Å². The maximum atomic E-state index is 10.7. The van der Waals surface area contributed by atoms with Gasteiger partial charge >= 0.3 is 5.97 Å². The van der Waals surface area contributed by atoms with Crippen molar-refractivity contribution in [2.24, 2.45) is 0 Å². The van der Waals surface area contributed by atoms with Crippen LogP contribution in [0.5, 0.6) is 0 Å². The van der Waals surface area contributed by atoms with E-state index in [0.29, 0.717) is 6.54 Å². The third-order valence-corrected chi connectivity index (χ3v) is 2.26. The van der Waals surface area contributed by atoms with Crippen LogP contribution in [0.4, 0.5) is 0 Å². The lowest BCUT2D eigenvalue weighted by Gasteiger charge is -2.25. The molecule has 1 heterocycles. The predicted octanol–water partition coefficient (Wildman–Crippen LogP) is 1.11. The lowest BCUT2D eigenvalue weighted by atomic mass is 10.2. The number of aliphatic carboxylic acids is 1. The standard InChI is InChI=1S/C11H15N3O2/c1-3-6-14(8-11(15)16)9(2)10-7-12-4-5-13-10/h3-5,7,9H,1,6,8H2,2H3,(H,15,16). The van der Waals surface area contributed by atoms with Crippen molar-refractivity contribution >= 4 is 5.97 Å². The van der Waals surface area contributed by atoms with E-state index in [-0.39, 0.29) is 12.6 Å². The van der Waals surface area contributed by atoms with Crippen LogP contribution in [0.2, 0.25) is 0 Å². The summed E-state index contributed by atoms with van der Waals surface area (Å²) < 4.78 is 0. The minimum Gasteiger partial charge on any atom is -0.480 e. The van der Waals surface area contributed by atoms with Crippen LogP contribution >= 0.6 is 0 Å². The number of carboxylic acid groups (broad SMARTS) is 1. The van der Waals surface area contributed by atoms with Crippen molar-refractivity contribution in [2.45, 2.75) is 13.0 Å². The van der Waals surface area contributed by atoms with Gasteiger partial charge in [-0.1, -0.05) is 6.08 Å². The normalized spacial score (nSPS) is 12.4. The highest BCUT2D eigenvalue weighted by molar-refractivity contribution is 5.69. The van der Waals surface area contributed by atoms with E-state index < -0.39 is 5.97 Å². The molecule has 1 rings (SSSR count). The Morgan fingerprint density at radius 3 is 2.94 bits per heavy atom. The molecule has 0 radical (unpaired) electrons. The molecule has 0 aliphatic heterocycles. The van der Waals surface area contributed by atoms with Crippen LogP contribution < -0.4 is 0 Å². The number of nitrogens with zero attached hydrogens (tertiary/aromatic N) is 3. The predicted molar refractivity (Wildman–Crippen MR) is 59.9 cm³/mol. The van der Waals surface area contributed by atoms with E-state index >= 15 is 0 Å². The summed E-state index contributed by atoms with van der Waals surface area (Å²) in [6.45, 7) is 5.98. The van der Waals surface area contributed by atoms with Crippen LogP contribution in [0.25, 0.3) is 0 Å². The van der Waals surface area contributed by atoms with Gasteiger partial charge in [0.05, 0.1) is 18.3 Å². The van der Waals surface area contributed by atoms with Crippen molar-refractivity contribution in [2.75, 3.05) is 13.1 Å². The van der Waals surface area contributed by atoms with Crippen molar-refractivity contribution in [3.05, 3.63) is 36.9 Å². The number of hydrogen-bond acceptors (Lipinski definition) is 4. The monoisotopic (exact) mass is 221 g/mol. The molecule has 0 aliphatic rings. The van der Waals surface area contributed by atoms with E-state index in [9.17, 15) is 4.79 Å². The zero-order chi connectivity index (χ0) is 12.0. The van der Waals surface area contributed by atoms with Gasteiger partial charge < -0.3 is 5.11 Å². The second-order valence-electron chi connectivity index (χ2n) is 3.42. The highest BCUT2D eigenvalue weighted by Crippen LogP contribution is 2.16. The highest BCUT2D eigenvalue weighted by atomic mass is 16.4. The zero-order valence-corrected chi connectivity index (χ0v) is 9.21. The topological polar surface area (TPSA) is 66.3 Å². The fourth-order valence-corrected chi connectivity index (χ4v) is 1.41. The molecule has 16 heavy (non-hydrogen) atoms. The fraction of sp³-hybridized carbons (Fsp3) is 0.364. The molecule has 0 spiro atoms. The van der Waals surface area contributed by atoms with Gasteiger partial charge in [-0.15, -0.1) is 6.58 Å². The van der Waals surface area contributed by atoms with E-state index in [1.54, 1.807) is 29.6 Å². The van der Waals surface area contributed by atoms with Crippen molar-refractivity contribution in [1.29, 1.82) is 0 Å². The summed E-state index contributed by atoms with van der Waals surface area (Å²) in [6.07, 6.45) is 6.50. The van der Waals surface area contributed by atoms with Gasteiger partial charge in [0.2, 0.25) is 0 Å². The van der Waals surface area contributed by atoms with Crippen LogP contribution in [0, 0.1) is 0 Å². The lowest BCUT2D eigenvalue weighted by Crippen LogP contribution is -2.32. The van der Waals surface area contributed by atoms with Crippen LogP contribution in [-0.4, -0.2) is 39.0 Å². The number of hydrogen-bond donors (Lipinski definition) is 1. The van der Waals surface area contributed by atoms with E-state index in [0.717, 1.165) is 5.69 Å². The second kappa shape index (κ2) is 5.97. The highest BCUT2D eigenvalue weighted by Gasteiger charge is 2.18. The quantitative estimate of drug-likeness (QED) is 0.729. The number of carbonyl (C=O) groups is 1. The summed E-state index contributed by atoms with van der Waals surface area (Å²) in [5.41, 5.74) is 0.755. The minimum atomic E-state index is -0.863. The zero-order valence-electron chi connectivity index (χ0n) is 9.21. The van der Waals surface area contributed by atoms with Crippen LogP contribution in [0.15, 0.2) is 31.2 Å². The molecule has 0 saturated heterocycles. The SMILES string of the molecule is C=CCN(CC(=O)O)C(C)c1cnccn1. The van der Waals surface area contributed by atoms with Gasteiger partial charge in [-0.25, -0.2) is 0 Å². The Morgan fingerprint density at radius 1 is 1.69 bits per heavy atom. The van der Waals surface area contributed by atoms with Gasteiger partial charge in [-0.3, -0.25) is 19.7 Å². The molecule has 0 saturated carbocycles. The lowest BCUT2D eigenvalue weighted by molar-refractivity contribution is -0.138. The minimum absolute atomic E-state index is 0.0379. The molecule has 1 unspecified atom stereocenters. The average Bonchev–Trinajstić information content (AvgIpc) is 2.28. The Labute approximate surface area is 94.5 Å². The summed E-state index contributed by atoms with van der Waals surface area (Å²) >= 11 is 0. The molecule has 0 aliphatic carbocycles. The molecule has 86 valence electrons. The summed E-state index contributed by atoms with van der Waals surface area (Å²) in [5.74, 6) is -0.863. The molecule has 0 bridgehead atoms. The van der Waals surface area contributed by atoms with Crippen LogP contribution in [-0.2, 0) is 4.79 Å². The summed E-state index contributed by atoms with van der Waals surface area (Å²) in [5, 5.41) is 8.79. The Morgan fingerprint density at radius 2 is 2.44 bits per heavy atom. The largest absolute Gasteiger partial charge is 0.480 e. The maximum absolute atomic E-state index is 10.7. The third kappa shape index (κ3) is 3.43. The molecular formula is C11H15N3O2. The van der Waals surface area contributed by atoms with Crippen molar-refractivity contribution in [3.8, 4) is 0 Å². The van der Waals surface area contributed by atoms with Crippen LogP contribution in [0.3, 0.4) is 0 Å². The van der Waals surface area contributed by atoms with E-state index in [1.165, 1.54) is 0 Å². The first kappa shape index (κ1) is 12.3. The Balaban J connectivity index is 2.77. The van der Waals surface area contributed by atoms with Gasteiger partial charge in [0.25, 0.3) is 0 Å². The van der Waals surface area contributed by atoms with Gasteiger partial charge in [0.15, 0.2) is 0 Å². The average molecular weight is 221 g/mol. The third-order valence-electron chi connectivity index (χ3n) is 2.26. The summed E-state index contributed by atoms with van der Waals surface area (Å²) in [4.78, 5) is 20.6. The van der Waals surface area contributed by atoms with Gasteiger partial charge in [0, 0.05) is 25.1 Å². The first-order valence-electron chi connectivity index (χ1n) is 4.97. The van der Waals surface area contributed by atoms with Gasteiger partial charge in [-0.2, -0.15) is 0 Å².